The molecule has 2 aromatic carbocycles. The number of amides is 1. The van der Waals surface area contributed by atoms with Gasteiger partial charge in [-0.15, -0.1) is 5.10 Å². The molecule has 6 heteroatoms. The molecular formula is C18H15F2N3O. The first kappa shape index (κ1) is 15.9. The topological polar surface area (TPSA) is 46.9 Å². The number of carbonyl (C=O) groups is 1. The average molecular weight is 327 g/mol. The van der Waals surface area contributed by atoms with Crippen LogP contribution in [0.15, 0.2) is 48.5 Å². The Hall–Kier alpha value is -3.02. The van der Waals surface area contributed by atoms with Crippen LogP contribution in [0.2, 0.25) is 0 Å². The summed E-state index contributed by atoms with van der Waals surface area (Å²) in [4.78, 5) is 12.1. The van der Waals surface area contributed by atoms with Gasteiger partial charge in [0.1, 0.15) is 11.6 Å². The highest BCUT2D eigenvalue weighted by Gasteiger charge is 2.15. The van der Waals surface area contributed by atoms with Crippen molar-refractivity contribution >= 4 is 11.7 Å². The van der Waals surface area contributed by atoms with Crippen LogP contribution in [-0.4, -0.2) is 15.7 Å². The van der Waals surface area contributed by atoms with Crippen LogP contribution >= 0.6 is 0 Å². The van der Waals surface area contributed by atoms with Gasteiger partial charge in [-0.2, -0.15) is 0 Å². The number of benzene rings is 2. The van der Waals surface area contributed by atoms with Crippen molar-refractivity contribution in [1.29, 1.82) is 0 Å². The van der Waals surface area contributed by atoms with Crippen molar-refractivity contribution < 1.29 is 13.6 Å². The number of nitrogens with one attached hydrogen (secondary N) is 1. The lowest BCUT2D eigenvalue weighted by atomic mass is 10.2. The lowest BCUT2D eigenvalue weighted by Crippen LogP contribution is -2.14. The molecule has 122 valence electrons. The van der Waals surface area contributed by atoms with E-state index in [-0.39, 0.29) is 5.56 Å². The third-order valence-corrected chi connectivity index (χ3v) is 3.55. The minimum absolute atomic E-state index is 0.237. The van der Waals surface area contributed by atoms with Gasteiger partial charge in [0.25, 0.3) is 5.91 Å². The molecule has 4 nitrogen and oxygen atoms in total. The van der Waals surface area contributed by atoms with Crippen LogP contribution < -0.4 is 5.32 Å². The smallest absolute Gasteiger partial charge is 0.259 e. The van der Waals surface area contributed by atoms with E-state index in [1.54, 1.807) is 10.7 Å². The molecule has 1 amide bonds. The largest absolute Gasteiger partial charge is 0.305 e. The molecule has 0 aliphatic carbocycles. The van der Waals surface area contributed by atoms with Gasteiger partial charge in [-0.05, 0) is 43.7 Å². The average Bonchev–Trinajstić information content (AvgIpc) is 2.87. The van der Waals surface area contributed by atoms with Gasteiger partial charge in [-0.3, -0.25) is 4.79 Å². The van der Waals surface area contributed by atoms with Crippen LogP contribution in [0.25, 0.3) is 5.69 Å². The predicted molar refractivity (Wildman–Crippen MR) is 87.3 cm³/mol. The first-order valence-electron chi connectivity index (χ1n) is 7.34. The number of aryl methyl sites for hydroxylation is 2. The second-order valence-electron chi connectivity index (χ2n) is 5.50. The number of anilines is 1. The van der Waals surface area contributed by atoms with Gasteiger partial charge < -0.3 is 5.32 Å². The van der Waals surface area contributed by atoms with Gasteiger partial charge in [-0.1, -0.05) is 12.1 Å². The lowest BCUT2D eigenvalue weighted by Gasteiger charge is -2.05. The van der Waals surface area contributed by atoms with Crippen molar-refractivity contribution in [3.8, 4) is 5.69 Å². The summed E-state index contributed by atoms with van der Waals surface area (Å²) in [6, 6.07) is 12.2. The molecule has 1 heterocycles. The predicted octanol–water partition coefficient (Wildman–Crippen LogP) is 4.02. The van der Waals surface area contributed by atoms with E-state index in [0.29, 0.717) is 11.9 Å². The van der Waals surface area contributed by atoms with Crippen molar-refractivity contribution in [1.82, 2.24) is 9.78 Å². The van der Waals surface area contributed by atoms with E-state index < -0.39 is 17.5 Å². The zero-order valence-electron chi connectivity index (χ0n) is 13.2. The zero-order chi connectivity index (χ0) is 17.3. The molecule has 0 aliphatic rings. The Kier molecular flexibility index (Phi) is 4.12. The number of nitrogens with zero attached hydrogens (tertiary/aromatic N) is 2. The Morgan fingerprint density at radius 2 is 1.88 bits per heavy atom. The van der Waals surface area contributed by atoms with Crippen molar-refractivity contribution in [2.75, 3.05) is 5.32 Å². The summed E-state index contributed by atoms with van der Waals surface area (Å²) >= 11 is 0. The number of carbonyl (C=O) groups excluding carboxylic acids is 1. The van der Waals surface area contributed by atoms with Gasteiger partial charge >= 0.3 is 0 Å². The Morgan fingerprint density at radius 3 is 2.58 bits per heavy atom. The molecule has 1 aromatic heterocycles. The van der Waals surface area contributed by atoms with Crippen LogP contribution in [0.4, 0.5) is 14.6 Å². The van der Waals surface area contributed by atoms with E-state index in [2.05, 4.69) is 10.4 Å². The van der Waals surface area contributed by atoms with Crippen molar-refractivity contribution in [3.63, 3.8) is 0 Å². The molecular weight excluding hydrogens is 312 g/mol. The maximum absolute atomic E-state index is 13.7. The fourth-order valence-corrected chi connectivity index (χ4v) is 2.41. The normalized spacial score (nSPS) is 10.7. The van der Waals surface area contributed by atoms with Gasteiger partial charge in [0, 0.05) is 17.8 Å². The molecule has 0 unspecified atom stereocenters. The molecule has 1 N–H and O–H groups in total. The first-order chi connectivity index (χ1) is 11.4. The molecule has 3 rings (SSSR count). The molecule has 24 heavy (non-hydrogen) atoms. The third kappa shape index (κ3) is 3.17. The Balaban J connectivity index is 1.86. The second kappa shape index (κ2) is 6.23. The van der Waals surface area contributed by atoms with Gasteiger partial charge in [0.2, 0.25) is 0 Å². The van der Waals surface area contributed by atoms with E-state index in [4.69, 9.17) is 0 Å². The summed E-state index contributed by atoms with van der Waals surface area (Å²) in [6.07, 6.45) is 0. The summed E-state index contributed by atoms with van der Waals surface area (Å²) in [7, 11) is 0. The molecule has 0 atom stereocenters. The molecule has 0 bridgehead atoms. The third-order valence-electron chi connectivity index (χ3n) is 3.55. The molecule has 0 spiro atoms. The highest BCUT2D eigenvalue weighted by Crippen LogP contribution is 2.17. The number of rotatable bonds is 3. The van der Waals surface area contributed by atoms with E-state index in [0.717, 1.165) is 29.1 Å². The maximum Gasteiger partial charge on any atom is 0.259 e. The van der Waals surface area contributed by atoms with E-state index >= 15 is 0 Å². The number of halogens is 2. The lowest BCUT2D eigenvalue weighted by molar-refractivity contribution is 0.102. The van der Waals surface area contributed by atoms with Crippen LogP contribution in [0.3, 0.4) is 0 Å². The Bertz CT molecular complexity index is 918. The quantitative estimate of drug-likeness (QED) is 0.790. The highest BCUT2D eigenvalue weighted by molar-refractivity contribution is 6.03. The second-order valence-corrected chi connectivity index (χ2v) is 5.50. The summed E-state index contributed by atoms with van der Waals surface area (Å²) in [5, 5.41) is 6.85. The van der Waals surface area contributed by atoms with Crippen molar-refractivity contribution in [3.05, 3.63) is 77.0 Å². The van der Waals surface area contributed by atoms with Crippen LogP contribution in [0.5, 0.6) is 0 Å². The minimum Gasteiger partial charge on any atom is -0.305 e. The molecule has 0 saturated heterocycles. The Labute approximate surface area is 137 Å². The SMILES string of the molecule is Cc1cccc(-n2nc(NC(=O)c3ccc(F)cc3F)cc2C)c1. The van der Waals surface area contributed by atoms with Crippen molar-refractivity contribution in [2.24, 2.45) is 0 Å². The molecule has 0 aliphatic heterocycles. The molecule has 0 fully saturated rings. The maximum atomic E-state index is 13.7. The van der Waals surface area contributed by atoms with Gasteiger partial charge in [0.05, 0.1) is 11.3 Å². The number of hydrogen-bond acceptors (Lipinski definition) is 2. The van der Waals surface area contributed by atoms with E-state index in [1.807, 2.05) is 38.1 Å². The van der Waals surface area contributed by atoms with Crippen molar-refractivity contribution in [2.45, 2.75) is 13.8 Å². The summed E-state index contributed by atoms with van der Waals surface area (Å²) < 4.78 is 28.3. The fraction of sp³-hybridized carbons (Fsp3) is 0.111. The Morgan fingerprint density at radius 1 is 1.08 bits per heavy atom. The van der Waals surface area contributed by atoms with Crippen LogP contribution in [-0.2, 0) is 0 Å². The first-order valence-corrected chi connectivity index (χ1v) is 7.34. The minimum atomic E-state index is -0.915. The number of hydrogen-bond donors (Lipinski definition) is 1. The molecule has 0 saturated carbocycles. The summed E-state index contributed by atoms with van der Waals surface area (Å²) in [5.41, 5.74) is 2.52. The number of aromatic nitrogens is 2. The fourth-order valence-electron chi connectivity index (χ4n) is 2.41. The highest BCUT2D eigenvalue weighted by atomic mass is 19.1. The molecule has 3 aromatic rings. The standard InChI is InChI=1S/C18H15F2N3O/c1-11-4-3-5-14(8-11)23-12(2)9-17(22-23)21-18(24)15-7-6-13(19)10-16(15)20/h3-10H,1-2H3,(H,21,22,24). The summed E-state index contributed by atoms with van der Waals surface area (Å²) in [6.45, 7) is 3.83. The van der Waals surface area contributed by atoms with Crippen LogP contribution in [0.1, 0.15) is 21.6 Å². The van der Waals surface area contributed by atoms with Crippen LogP contribution in [0, 0.1) is 25.5 Å². The van der Waals surface area contributed by atoms with Gasteiger partial charge in [-0.25, -0.2) is 13.5 Å². The monoisotopic (exact) mass is 327 g/mol. The van der Waals surface area contributed by atoms with Gasteiger partial charge in [0.15, 0.2) is 5.82 Å². The van der Waals surface area contributed by atoms with E-state index in [9.17, 15) is 13.6 Å². The zero-order valence-corrected chi connectivity index (χ0v) is 13.2. The summed E-state index contributed by atoms with van der Waals surface area (Å²) in [5.74, 6) is -2.03. The molecule has 0 radical (unpaired) electrons. The van der Waals surface area contributed by atoms with E-state index in [1.165, 1.54) is 0 Å².